The molecule has 5 heteroatoms. The van der Waals surface area contributed by atoms with Gasteiger partial charge in [0.25, 0.3) is 0 Å². The van der Waals surface area contributed by atoms with Crippen LogP contribution in [0.25, 0.3) is 0 Å². The summed E-state index contributed by atoms with van der Waals surface area (Å²) in [5.41, 5.74) is 0. The third kappa shape index (κ3) is 1.14. The topological polar surface area (TPSA) is 50.1 Å². The van der Waals surface area contributed by atoms with E-state index in [1.807, 2.05) is 4.57 Å². The molecule has 0 aromatic carbocycles. The highest BCUT2D eigenvalue weighted by atomic mass is 79.9. The first-order chi connectivity index (χ1) is 5.27. The summed E-state index contributed by atoms with van der Waals surface area (Å²) in [5.74, 6) is 0.821. The summed E-state index contributed by atoms with van der Waals surface area (Å²) in [6.07, 6.45) is 1.41. The van der Waals surface area contributed by atoms with Crippen molar-refractivity contribution in [3.8, 4) is 0 Å². The quantitative estimate of drug-likeness (QED) is 0.663. The number of rotatable bonds is 0. The van der Waals surface area contributed by atoms with Crippen molar-refractivity contribution in [2.75, 3.05) is 11.9 Å². The fraction of sp³-hybridized carbons (Fsp3) is 0.500. The molecule has 0 saturated carbocycles. The summed E-state index contributed by atoms with van der Waals surface area (Å²) in [6, 6.07) is 0. The van der Waals surface area contributed by atoms with E-state index in [-0.39, 0.29) is 6.10 Å². The van der Waals surface area contributed by atoms with E-state index in [0.29, 0.717) is 13.1 Å². The Bertz CT molecular complexity index is 273. The van der Waals surface area contributed by atoms with Crippen molar-refractivity contribution in [1.29, 1.82) is 0 Å². The fourth-order valence-corrected chi connectivity index (χ4v) is 1.57. The minimum absolute atomic E-state index is 0.312. The SMILES string of the molecule is OC1CNc2ncc(Br)n2C1. The molecule has 11 heavy (non-hydrogen) atoms. The van der Waals surface area contributed by atoms with Gasteiger partial charge in [-0.1, -0.05) is 0 Å². The Morgan fingerprint density at radius 2 is 2.64 bits per heavy atom. The van der Waals surface area contributed by atoms with Crippen molar-refractivity contribution in [1.82, 2.24) is 9.55 Å². The Morgan fingerprint density at radius 3 is 3.45 bits per heavy atom. The van der Waals surface area contributed by atoms with Crippen molar-refractivity contribution in [3.63, 3.8) is 0 Å². The number of nitrogens with zero attached hydrogens (tertiary/aromatic N) is 2. The van der Waals surface area contributed by atoms with Crippen LogP contribution in [0.1, 0.15) is 0 Å². The van der Waals surface area contributed by atoms with Gasteiger partial charge in [-0.05, 0) is 15.9 Å². The summed E-state index contributed by atoms with van der Waals surface area (Å²) in [6.45, 7) is 1.20. The maximum absolute atomic E-state index is 9.27. The molecule has 0 spiro atoms. The average molecular weight is 218 g/mol. The zero-order chi connectivity index (χ0) is 7.84. The smallest absolute Gasteiger partial charge is 0.203 e. The zero-order valence-electron chi connectivity index (χ0n) is 5.79. The third-order valence-electron chi connectivity index (χ3n) is 1.70. The lowest BCUT2D eigenvalue weighted by Gasteiger charge is -2.21. The highest BCUT2D eigenvalue weighted by Crippen LogP contribution is 2.19. The molecular weight excluding hydrogens is 210 g/mol. The maximum Gasteiger partial charge on any atom is 0.203 e. The van der Waals surface area contributed by atoms with Gasteiger partial charge in [-0.3, -0.25) is 0 Å². The van der Waals surface area contributed by atoms with E-state index in [9.17, 15) is 5.11 Å². The average Bonchev–Trinajstić information content (AvgIpc) is 2.33. The number of halogens is 1. The van der Waals surface area contributed by atoms with E-state index < -0.39 is 0 Å². The lowest BCUT2D eigenvalue weighted by molar-refractivity contribution is 0.159. The molecule has 60 valence electrons. The molecule has 2 N–H and O–H groups in total. The van der Waals surface area contributed by atoms with Gasteiger partial charge in [0.2, 0.25) is 5.95 Å². The van der Waals surface area contributed by atoms with E-state index in [2.05, 4.69) is 26.2 Å². The highest BCUT2D eigenvalue weighted by molar-refractivity contribution is 9.10. The van der Waals surface area contributed by atoms with Gasteiger partial charge >= 0.3 is 0 Å². The second kappa shape index (κ2) is 2.49. The molecule has 1 unspecified atom stereocenters. The molecule has 1 aliphatic heterocycles. The summed E-state index contributed by atoms with van der Waals surface area (Å²) < 4.78 is 2.80. The molecule has 0 bridgehead atoms. The van der Waals surface area contributed by atoms with Crippen LogP contribution in [0.5, 0.6) is 0 Å². The molecule has 0 fully saturated rings. The van der Waals surface area contributed by atoms with Gasteiger partial charge in [0.1, 0.15) is 4.60 Å². The van der Waals surface area contributed by atoms with Gasteiger partial charge in [0.05, 0.1) is 18.8 Å². The first kappa shape index (κ1) is 7.12. The number of imidazole rings is 1. The first-order valence-corrected chi connectivity index (χ1v) is 4.19. The second-order valence-corrected chi connectivity index (χ2v) is 3.36. The predicted octanol–water partition coefficient (Wildman–Crippen LogP) is 0.432. The van der Waals surface area contributed by atoms with E-state index in [4.69, 9.17) is 0 Å². The van der Waals surface area contributed by atoms with Gasteiger partial charge in [0, 0.05) is 6.54 Å². The predicted molar refractivity (Wildman–Crippen MR) is 44.4 cm³/mol. The van der Waals surface area contributed by atoms with Gasteiger partial charge in [-0.15, -0.1) is 0 Å². The Kier molecular flexibility index (Phi) is 1.61. The minimum atomic E-state index is -0.312. The second-order valence-electron chi connectivity index (χ2n) is 2.55. The van der Waals surface area contributed by atoms with Crippen LogP contribution >= 0.6 is 15.9 Å². The molecular formula is C6H8BrN3O. The number of anilines is 1. The summed E-state index contributed by atoms with van der Waals surface area (Å²) >= 11 is 3.33. The van der Waals surface area contributed by atoms with Crippen molar-refractivity contribution in [2.45, 2.75) is 12.6 Å². The van der Waals surface area contributed by atoms with Crippen LogP contribution in [-0.2, 0) is 6.54 Å². The number of hydrogen-bond acceptors (Lipinski definition) is 3. The Labute approximate surface area is 72.4 Å². The maximum atomic E-state index is 9.27. The van der Waals surface area contributed by atoms with Crippen LogP contribution in [0.4, 0.5) is 5.95 Å². The Morgan fingerprint density at radius 1 is 1.82 bits per heavy atom. The van der Waals surface area contributed by atoms with Crippen molar-refractivity contribution >= 4 is 21.9 Å². The van der Waals surface area contributed by atoms with Crippen LogP contribution in [0.15, 0.2) is 10.8 Å². The van der Waals surface area contributed by atoms with Crippen LogP contribution < -0.4 is 5.32 Å². The molecule has 1 atom stereocenters. The van der Waals surface area contributed by atoms with Gasteiger partial charge in [-0.2, -0.15) is 0 Å². The van der Waals surface area contributed by atoms with Crippen LogP contribution in [0.2, 0.25) is 0 Å². The van der Waals surface area contributed by atoms with Crippen LogP contribution in [-0.4, -0.2) is 27.3 Å². The third-order valence-corrected chi connectivity index (χ3v) is 2.33. The molecule has 0 radical (unpaired) electrons. The molecule has 4 nitrogen and oxygen atoms in total. The molecule has 1 aromatic heterocycles. The molecule has 1 aromatic rings. The van der Waals surface area contributed by atoms with Gasteiger partial charge in [-0.25, -0.2) is 4.98 Å². The Balaban J connectivity index is 2.37. The highest BCUT2D eigenvalue weighted by Gasteiger charge is 2.17. The minimum Gasteiger partial charge on any atom is -0.389 e. The molecule has 1 aliphatic rings. The number of aromatic nitrogens is 2. The van der Waals surface area contributed by atoms with Gasteiger partial charge in [0.15, 0.2) is 0 Å². The molecule has 2 heterocycles. The number of aliphatic hydroxyl groups excluding tert-OH is 1. The lowest BCUT2D eigenvalue weighted by atomic mass is 10.3. The first-order valence-electron chi connectivity index (χ1n) is 3.40. The fourth-order valence-electron chi connectivity index (χ4n) is 1.15. The monoisotopic (exact) mass is 217 g/mol. The van der Waals surface area contributed by atoms with E-state index in [1.165, 1.54) is 0 Å². The van der Waals surface area contributed by atoms with E-state index >= 15 is 0 Å². The lowest BCUT2D eigenvalue weighted by Crippen LogP contribution is -2.31. The van der Waals surface area contributed by atoms with Crippen molar-refractivity contribution in [3.05, 3.63) is 10.8 Å². The molecule has 0 aliphatic carbocycles. The standard InChI is InChI=1S/C6H8BrN3O/c7-5-2-9-6-8-1-4(11)3-10(5)6/h2,4,11H,1,3H2,(H,8,9). The molecule has 0 saturated heterocycles. The largest absolute Gasteiger partial charge is 0.389 e. The zero-order valence-corrected chi connectivity index (χ0v) is 7.37. The Hall–Kier alpha value is -0.550. The summed E-state index contributed by atoms with van der Waals surface area (Å²) in [7, 11) is 0. The van der Waals surface area contributed by atoms with Crippen LogP contribution in [0.3, 0.4) is 0 Å². The number of β-amino-alcohol motifs (C(OH)–C–C–N with tert-alkyl or cyclic N) is 1. The van der Waals surface area contributed by atoms with E-state index in [0.717, 1.165) is 10.6 Å². The van der Waals surface area contributed by atoms with Crippen LogP contribution in [0, 0.1) is 0 Å². The number of nitrogens with one attached hydrogen (secondary N) is 1. The van der Waals surface area contributed by atoms with Crippen molar-refractivity contribution in [2.24, 2.45) is 0 Å². The number of hydrogen-bond donors (Lipinski definition) is 2. The number of fused-ring (bicyclic) bond motifs is 1. The molecule has 0 amide bonds. The van der Waals surface area contributed by atoms with Gasteiger partial charge < -0.3 is 15.0 Å². The normalized spacial score (nSPS) is 22.5. The van der Waals surface area contributed by atoms with E-state index in [1.54, 1.807) is 6.20 Å². The number of aliphatic hydroxyl groups is 1. The summed E-state index contributed by atoms with van der Waals surface area (Å²) in [5, 5.41) is 12.3. The summed E-state index contributed by atoms with van der Waals surface area (Å²) in [4.78, 5) is 4.08. The molecule has 2 rings (SSSR count). The van der Waals surface area contributed by atoms with Crippen molar-refractivity contribution < 1.29 is 5.11 Å².